The molecule has 1 aliphatic carbocycles. The predicted octanol–water partition coefficient (Wildman–Crippen LogP) is 3.06. The van der Waals surface area contributed by atoms with Crippen molar-refractivity contribution in [2.75, 3.05) is 0 Å². The SMILES string of the molecule is Cc1ccc(C)c(SC(C)C(=O)NC2CC2)c1. The summed E-state index contributed by atoms with van der Waals surface area (Å²) in [6.07, 6.45) is 2.29. The van der Waals surface area contributed by atoms with Crippen molar-refractivity contribution in [3.63, 3.8) is 0 Å². The Morgan fingerprint density at radius 1 is 1.41 bits per heavy atom. The Hall–Kier alpha value is -0.960. The van der Waals surface area contributed by atoms with E-state index in [0.29, 0.717) is 6.04 Å². The molecule has 0 heterocycles. The number of hydrogen-bond acceptors (Lipinski definition) is 2. The third kappa shape index (κ3) is 3.50. The maximum Gasteiger partial charge on any atom is 0.233 e. The second-order valence-electron chi connectivity index (χ2n) is 4.81. The summed E-state index contributed by atoms with van der Waals surface area (Å²) in [6, 6.07) is 6.82. The van der Waals surface area contributed by atoms with Crippen molar-refractivity contribution in [3.05, 3.63) is 29.3 Å². The molecule has 0 spiro atoms. The van der Waals surface area contributed by atoms with Crippen LogP contribution in [0.2, 0.25) is 0 Å². The Labute approximate surface area is 107 Å². The van der Waals surface area contributed by atoms with Crippen LogP contribution >= 0.6 is 11.8 Å². The Kier molecular flexibility index (Phi) is 3.77. The molecule has 1 unspecified atom stereocenters. The average molecular weight is 249 g/mol. The number of amides is 1. The number of carbonyl (C=O) groups excluding carboxylic acids is 1. The molecule has 1 amide bonds. The lowest BCUT2D eigenvalue weighted by Crippen LogP contribution is -2.32. The summed E-state index contributed by atoms with van der Waals surface area (Å²) in [5, 5.41) is 3.03. The molecule has 3 heteroatoms. The van der Waals surface area contributed by atoms with Crippen LogP contribution in [0.3, 0.4) is 0 Å². The molecule has 1 aromatic rings. The zero-order chi connectivity index (χ0) is 12.4. The molecule has 0 aliphatic heterocycles. The second-order valence-corrected chi connectivity index (χ2v) is 6.19. The third-order valence-electron chi connectivity index (χ3n) is 2.94. The van der Waals surface area contributed by atoms with Gasteiger partial charge in [0.05, 0.1) is 5.25 Å². The lowest BCUT2D eigenvalue weighted by Gasteiger charge is -2.13. The van der Waals surface area contributed by atoms with Crippen molar-refractivity contribution in [1.29, 1.82) is 0 Å². The van der Waals surface area contributed by atoms with Gasteiger partial charge in [0.25, 0.3) is 0 Å². The molecule has 0 aromatic heterocycles. The summed E-state index contributed by atoms with van der Waals surface area (Å²) >= 11 is 1.65. The van der Waals surface area contributed by atoms with Gasteiger partial charge in [0.15, 0.2) is 0 Å². The summed E-state index contributed by atoms with van der Waals surface area (Å²) in [6.45, 7) is 6.15. The van der Waals surface area contributed by atoms with Crippen LogP contribution in [0.1, 0.15) is 30.9 Å². The van der Waals surface area contributed by atoms with Crippen LogP contribution in [0, 0.1) is 13.8 Å². The fourth-order valence-electron chi connectivity index (χ4n) is 1.62. The number of aryl methyl sites for hydroxylation is 2. The molecule has 0 bridgehead atoms. The molecule has 1 aliphatic rings. The molecule has 2 rings (SSSR count). The van der Waals surface area contributed by atoms with Crippen molar-refractivity contribution >= 4 is 17.7 Å². The van der Waals surface area contributed by atoms with E-state index in [1.54, 1.807) is 11.8 Å². The minimum Gasteiger partial charge on any atom is -0.352 e. The molecular weight excluding hydrogens is 230 g/mol. The minimum atomic E-state index is -0.0175. The van der Waals surface area contributed by atoms with Crippen molar-refractivity contribution in [1.82, 2.24) is 5.32 Å². The first-order valence-corrected chi connectivity index (χ1v) is 6.98. The monoisotopic (exact) mass is 249 g/mol. The minimum absolute atomic E-state index is 0.0175. The van der Waals surface area contributed by atoms with Crippen LogP contribution in [0.25, 0.3) is 0 Å². The predicted molar refractivity (Wildman–Crippen MR) is 72.4 cm³/mol. The van der Waals surface area contributed by atoms with Gasteiger partial charge in [0.1, 0.15) is 0 Å². The van der Waals surface area contributed by atoms with Gasteiger partial charge in [0.2, 0.25) is 5.91 Å². The van der Waals surface area contributed by atoms with Crippen LogP contribution in [0.5, 0.6) is 0 Å². The van der Waals surface area contributed by atoms with Crippen molar-refractivity contribution in [2.24, 2.45) is 0 Å². The summed E-state index contributed by atoms with van der Waals surface area (Å²) in [7, 11) is 0. The maximum absolute atomic E-state index is 11.9. The van der Waals surface area contributed by atoms with Crippen LogP contribution in [-0.4, -0.2) is 17.2 Å². The molecule has 0 radical (unpaired) electrons. The van der Waals surface area contributed by atoms with E-state index in [1.165, 1.54) is 16.0 Å². The Morgan fingerprint density at radius 2 is 2.12 bits per heavy atom. The molecule has 17 heavy (non-hydrogen) atoms. The van der Waals surface area contributed by atoms with Gasteiger partial charge in [-0.15, -0.1) is 11.8 Å². The average Bonchev–Trinajstić information content (AvgIpc) is 3.07. The number of hydrogen-bond donors (Lipinski definition) is 1. The van der Waals surface area contributed by atoms with E-state index >= 15 is 0 Å². The molecule has 1 fully saturated rings. The Bertz CT molecular complexity index is 426. The van der Waals surface area contributed by atoms with Gasteiger partial charge in [-0.3, -0.25) is 4.79 Å². The molecule has 1 atom stereocenters. The maximum atomic E-state index is 11.9. The summed E-state index contributed by atoms with van der Waals surface area (Å²) < 4.78 is 0. The molecule has 1 N–H and O–H groups in total. The smallest absolute Gasteiger partial charge is 0.233 e. The normalized spacial score (nSPS) is 16.6. The standard InChI is InChI=1S/C14H19NOS/c1-9-4-5-10(2)13(8-9)17-11(3)14(16)15-12-6-7-12/h4-5,8,11-12H,6-7H2,1-3H3,(H,15,16). The van der Waals surface area contributed by atoms with Gasteiger partial charge >= 0.3 is 0 Å². The quantitative estimate of drug-likeness (QED) is 0.831. The van der Waals surface area contributed by atoms with Crippen LogP contribution < -0.4 is 5.32 Å². The number of carbonyl (C=O) groups is 1. The van der Waals surface area contributed by atoms with E-state index in [4.69, 9.17) is 0 Å². The highest BCUT2D eigenvalue weighted by Crippen LogP contribution is 2.28. The molecule has 2 nitrogen and oxygen atoms in total. The Balaban J connectivity index is 1.98. The molecule has 1 saturated carbocycles. The highest BCUT2D eigenvalue weighted by Gasteiger charge is 2.26. The zero-order valence-corrected chi connectivity index (χ0v) is 11.4. The largest absolute Gasteiger partial charge is 0.352 e. The third-order valence-corrected chi connectivity index (χ3v) is 4.20. The van der Waals surface area contributed by atoms with Crippen molar-refractivity contribution < 1.29 is 4.79 Å². The van der Waals surface area contributed by atoms with Gasteiger partial charge in [0, 0.05) is 10.9 Å². The second kappa shape index (κ2) is 5.13. The van der Waals surface area contributed by atoms with Gasteiger partial charge in [-0.2, -0.15) is 0 Å². The van der Waals surface area contributed by atoms with E-state index in [1.807, 2.05) is 6.92 Å². The zero-order valence-electron chi connectivity index (χ0n) is 10.6. The van der Waals surface area contributed by atoms with Crippen molar-refractivity contribution in [3.8, 4) is 0 Å². The number of nitrogens with one attached hydrogen (secondary N) is 1. The molecule has 92 valence electrons. The number of benzene rings is 1. The first-order valence-electron chi connectivity index (χ1n) is 6.10. The van der Waals surface area contributed by atoms with E-state index in [9.17, 15) is 4.79 Å². The fourth-order valence-corrected chi connectivity index (χ4v) is 2.69. The van der Waals surface area contributed by atoms with E-state index in [-0.39, 0.29) is 11.2 Å². The van der Waals surface area contributed by atoms with Crippen LogP contribution in [-0.2, 0) is 4.79 Å². The van der Waals surface area contributed by atoms with Gasteiger partial charge in [-0.05, 0) is 45.2 Å². The Morgan fingerprint density at radius 3 is 2.76 bits per heavy atom. The van der Waals surface area contributed by atoms with Crippen LogP contribution in [0.15, 0.2) is 23.1 Å². The van der Waals surface area contributed by atoms with Gasteiger partial charge in [-0.1, -0.05) is 17.7 Å². The summed E-state index contributed by atoms with van der Waals surface area (Å²) in [4.78, 5) is 13.1. The van der Waals surface area contributed by atoms with E-state index < -0.39 is 0 Å². The highest BCUT2D eigenvalue weighted by molar-refractivity contribution is 8.00. The van der Waals surface area contributed by atoms with E-state index in [0.717, 1.165) is 12.8 Å². The molecule has 1 aromatic carbocycles. The van der Waals surface area contributed by atoms with Gasteiger partial charge < -0.3 is 5.32 Å². The van der Waals surface area contributed by atoms with Crippen molar-refractivity contribution in [2.45, 2.75) is 49.8 Å². The summed E-state index contributed by atoms with van der Waals surface area (Å²) in [5.74, 6) is 0.165. The first-order chi connectivity index (χ1) is 8.06. The number of rotatable bonds is 4. The highest BCUT2D eigenvalue weighted by atomic mass is 32.2. The summed E-state index contributed by atoms with van der Waals surface area (Å²) in [5.41, 5.74) is 2.49. The van der Waals surface area contributed by atoms with Gasteiger partial charge in [-0.25, -0.2) is 0 Å². The van der Waals surface area contributed by atoms with Crippen LogP contribution in [0.4, 0.5) is 0 Å². The fraction of sp³-hybridized carbons (Fsp3) is 0.500. The lowest BCUT2D eigenvalue weighted by molar-refractivity contribution is -0.120. The van der Waals surface area contributed by atoms with E-state index in [2.05, 4.69) is 37.4 Å². The first kappa shape index (κ1) is 12.5. The topological polar surface area (TPSA) is 29.1 Å². The molecular formula is C14H19NOS. The molecule has 0 saturated heterocycles. The lowest BCUT2D eigenvalue weighted by atomic mass is 10.2. The number of thioether (sulfide) groups is 1.